The second-order valence-electron chi connectivity index (χ2n) is 1.98. The number of aliphatic carboxylic acids is 1. The van der Waals surface area contributed by atoms with Crippen molar-refractivity contribution in [2.75, 3.05) is 5.84 Å². The van der Waals surface area contributed by atoms with E-state index in [-0.39, 0.29) is 6.42 Å². The molecule has 0 aromatic carbocycles. The Labute approximate surface area is 57.8 Å². The van der Waals surface area contributed by atoms with Gasteiger partial charge in [0.15, 0.2) is 0 Å². The average molecular weight is 140 g/mol. The summed E-state index contributed by atoms with van der Waals surface area (Å²) in [6.45, 7) is 0. The summed E-state index contributed by atoms with van der Waals surface area (Å²) < 4.78 is 1.30. The minimum atomic E-state index is -0.870. The van der Waals surface area contributed by atoms with Gasteiger partial charge in [-0.25, -0.2) is 0 Å². The number of carboxylic acid groups (broad SMARTS) is 1. The summed E-state index contributed by atoms with van der Waals surface area (Å²) in [6, 6.07) is 3.38. The highest BCUT2D eigenvalue weighted by molar-refractivity contribution is 5.69. The van der Waals surface area contributed by atoms with E-state index in [0.717, 1.165) is 0 Å². The Morgan fingerprint density at radius 3 is 2.90 bits per heavy atom. The van der Waals surface area contributed by atoms with Crippen molar-refractivity contribution in [2.45, 2.75) is 6.42 Å². The molecule has 0 saturated heterocycles. The Morgan fingerprint density at radius 1 is 1.80 bits per heavy atom. The van der Waals surface area contributed by atoms with Crippen LogP contribution in [0.5, 0.6) is 0 Å². The minimum absolute atomic E-state index is 0.0243. The molecule has 54 valence electrons. The van der Waals surface area contributed by atoms with Crippen molar-refractivity contribution in [1.29, 1.82) is 0 Å². The first-order valence-electron chi connectivity index (χ1n) is 2.83. The molecule has 1 heterocycles. The van der Waals surface area contributed by atoms with Crippen molar-refractivity contribution in [3.63, 3.8) is 0 Å². The van der Waals surface area contributed by atoms with Crippen LogP contribution < -0.4 is 5.84 Å². The fourth-order valence-corrected chi connectivity index (χ4v) is 0.734. The molecule has 0 aliphatic rings. The first-order chi connectivity index (χ1) is 4.70. The van der Waals surface area contributed by atoms with Gasteiger partial charge in [-0.15, -0.1) is 0 Å². The largest absolute Gasteiger partial charge is 0.481 e. The molecule has 0 saturated carbocycles. The molecule has 0 radical (unpaired) electrons. The standard InChI is InChI=1S/C6H8N2O2/c7-8-3-1-2-5(8)4-6(9)10/h1-3H,4,7H2,(H,9,10). The molecular formula is C6H8N2O2. The maximum Gasteiger partial charge on any atom is 0.309 e. The highest BCUT2D eigenvalue weighted by Gasteiger charge is 2.02. The maximum atomic E-state index is 10.2. The predicted molar refractivity (Wildman–Crippen MR) is 35.9 cm³/mol. The third-order valence-electron chi connectivity index (χ3n) is 1.20. The lowest BCUT2D eigenvalue weighted by Gasteiger charge is -1.97. The van der Waals surface area contributed by atoms with Crippen LogP contribution in [0.3, 0.4) is 0 Å². The zero-order valence-electron chi connectivity index (χ0n) is 5.32. The van der Waals surface area contributed by atoms with Gasteiger partial charge >= 0.3 is 5.97 Å². The molecule has 0 atom stereocenters. The van der Waals surface area contributed by atoms with Crippen LogP contribution in [-0.2, 0) is 11.2 Å². The van der Waals surface area contributed by atoms with Gasteiger partial charge in [0.05, 0.1) is 12.1 Å². The Kier molecular flexibility index (Phi) is 1.62. The number of carbonyl (C=O) groups is 1. The van der Waals surface area contributed by atoms with Crippen molar-refractivity contribution >= 4 is 5.97 Å². The van der Waals surface area contributed by atoms with Crippen LogP contribution >= 0.6 is 0 Å². The van der Waals surface area contributed by atoms with Crippen LogP contribution in [-0.4, -0.2) is 15.8 Å². The molecule has 1 aromatic rings. The van der Waals surface area contributed by atoms with Gasteiger partial charge in [0, 0.05) is 6.20 Å². The van der Waals surface area contributed by atoms with E-state index in [1.165, 1.54) is 4.68 Å². The number of aromatic nitrogens is 1. The van der Waals surface area contributed by atoms with E-state index in [0.29, 0.717) is 5.69 Å². The van der Waals surface area contributed by atoms with Gasteiger partial charge in [-0.1, -0.05) is 0 Å². The normalized spacial score (nSPS) is 9.60. The lowest BCUT2D eigenvalue weighted by atomic mass is 10.3. The molecule has 4 heteroatoms. The number of hydrogen-bond donors (Lipinski definition) is 2. The summed E-state index contributed by atoms with van der Waals surface area (Å²) in [5.74, 6) is 4.47. The van der Waals surface area contributed by atoms with Crippen LogP contribution in [0.4, 0.5) is 0 Å². The number of rotatable bonds is 2. The predicted octanol–water partition coefficient (Wildman–Crippen LogP) is -0.171. The number of hydrogen-bond acceptors (Lipinski definition) is 2. The molecule has 0 fully saturated rings. The van der Waals surface area contributed by atoms with Crippen molar-refractivity contribution in [1.82, 2.24) is 4.68 Å². The number of carboxylic acids is 1. The summed E-state index contributed by atoms with van der Waals surface area (Å²) in [7, 11) is 0. The third kappa shape index (κ3) is 1.28. The summed E-state index contributed by atoms with van der Waals surface area (Å²) in [5, 5.41) is 8.34. The van der Waals surface area contributed by atoms with Crippen molar-refractivity contribution in [3.8, 4) is 0 Å². The Hall–Kier alpha value is -1.45. The van der Waals surface area contributed by atoms with Gasteiger partial charge in [-0.3, -0.25) is 9.47 Å². The molecule has 0 aliphatic carbocycles. The number of nitrogen functional groups attached to an aromatic ring is 1. The molecular weight excluding hydrogens is 132 g/mol. The summed E-state index contributed by atoms with van der Waals surface area (Å²) in [4.78, 5) is 10.2. The second-order valence-corrected chi connectivity index (χ2v) is 1.98. The van der Waals surface area contributed by atoms with Gasteiger partial charge < -0.3 is 10.9 Å². The summed E-state index contributed by atoms with van der Waals surface area (Å²) >= 11 is 0. The van der Waals surface area contributed by atoms with E-state index in [2.05, 4.69) is 0 Å². The number of nitrogens with two attached hydrogens (primary N) is 1. The van der Waals surface area contributed by atoms with Crippen LogP contribution in [0.1, 0.15) is 5.69 Å². The van der Waals surface area contributed by atoms with Gasteiger partial charge in [-0.05, 0) is 12.1 Å². The maximum absolute atomic E-state index is 10.2. The lowest BCUT2D eigenvalue weighted by molar-refractivity contribution is -0.136. The van der Waals surface area contributed by atoms with Gasteiger partial charge in [-0.2, -0.15) is 0 Å². The molecule has 10 heavy (non-hydrogen) atoms. The van der Waals surface area contributed by atoms with E-state index in [1.54, 1.807) is 18.3 Å². The lowest BCUT2D eigenvalue weighted by Crippen LogP contribution is -2.13. The Bertz CT molecular complexity index is 242. The van der Waals surface area contributed by atoms with Crippen LogP contribution in [0.25, 0.3) is 0 Å². The molecule has 3 N–H and O–H groups in total. The Balaban J connectivity index is 2.74. The zero-order valence-corrected chi connectivity index (χ0v) is 5.32. The first kappa shape index (κ1) is 6.67. The quantitative estimate of drug-likeness (QED) is 0.560. The van der Waals surface area contributed by atoms with E-state index in [9.17, 15) is 4.79 Å². The van der Waals surface area contributed by atoms with Crippen molar-refractivity contribution in [3.05, 3.63) is 24.0 Å². The molecule has 0 bridgehead atoms. The minimum Gasteiger partial charge on any atom is -0.481 e. The second kappa shape index (κ2) is 2.43. The average Bonchev–Trinajstić information content (AvgIpc) is 2.15. The van der Waals surface area contributed by atoms with Crippen molar-refractivity contribution < 1.29 is 9.90 Å². The smallest absolute Gasteiger partial charge is 0.309 e. The van der Waals surface area contributed by atoms with E-state index >= 15 is 0 Å². The molecule has 0 spiro atoms. The highest BCUT2D eigenvalue weighted by atomic mass is 16.4. The number of nitrogens with zero attached hydrogens (tertiary/aromatic N) is 1. The first-order valence-corrected chi connectivity index (χ1v) is 2.83. The highest BCUT2D eigenvalue weighted by Crippen LogP contribution is 1.97. The van der Waals surface area contributed by atoms with E-state index < -0.39 is 5.97 Å². The topological polar surface area (TPSA) is 68.2 Å². The zero-order chi connectivity index (χ0) is 7.56. The molecule has 4 nitrogen and oxygen atoms in total. The van der Waals surface area contributed by atoms with Crippen molar-refractivity contribution in [2.24, 2.45) is 0 Å². The molecule has 0 amide bonds. The van der Waals surface area contributed by atoms with Gasteiger partial charge in [0.1, 0.15) is 0 Å². The SMILES string of the molecule is Nn1cccc1CC(=O)O. The molecule has 0 aliphatic heterocycles. The summed E-state index contributed by atoms with van der Waals surface area (Å²) in [5.41, 5.74) is 0.604. The van der Waals surface area contributed by atoms with Crippen LogP contribution in [0, 0.1) is 0 Å². The molecule has 1 rings (SSSR count). The van der Waals surface area contributed by atoms with Gasteiger partial charge in [0.25, 0.3) is 0 Å². The fraction of sp³-hybridized carbons (Fsp3) is 0.167. The van der Waals surface area contributed by atoms with Crippen LogP contribution in [0.15, 0.2) is 18.3 Å². The monoisotopic (exact) mass is 140 g/mol. The molecule has 1 aromatic heterocycles. The van der Waals surface area contributed by atoms with E-state index in [4.69, 9.17) is 10.9 Å². The van der Waals surface area contributed by atoms with Crippen LogP contribution in [0.2, 0.25) is 0 Å². The molecule has 0 unspecified atom stereocenters. The fourth-order valence-electron chi connectivity index (χ4n) is 0.734. The third-order valence-corrected chi connectivity index (χ3v) is 1.20. The summed E-state index contributed by atoms with van der Waals surface area (Å²) in [6.07, 6.45) is 1.59. The van der Waals surface area contributed by atoms with E-state index in [1.807, 2.05) is 0 Å². The Morgan fingerprint density at radius 2 is 2.50 bits per heavy atom. The van der Waals surface area contributed by atoms with Gasteiger partial charge in [0.2, 0.25) is 0 Å².